The maximum Gasteiger partial charge on any atom is 0.372 e. The maximum atomic E-state index is 10.6. The second-order valence-electron chi connectivity index (χ2n) is 2.50. The highest BCUT2D eigenvalue weighted by Gasteiger charge is 2.08. The van der Waals surface area contributed by atoms with Crippen LogP contribution in [0.4, 0.5) is 0 Å². The summed E-state index contributed by atoms with van der Waals surface area (Å²) in [6.07, 6.45) is 6.51. The van der Waals surface area contributed by atoms with Gasteiger partial charge in [-0.2, -0.15) is 0 Å². The van der Waals surface area contributed by atoms with E-state index in [4.69, 9.17) is 5.11 Å². The number of rotatable bonds is 6. The summed E-state index contributed by atoms with van der Waals surface area (Å²) in [5.74, 6) is -2.02. The van der Waals surface area contributed by atoms with Crippen molar-refractivity contribution < 1.29 is 14.7 Å². The lowest BCUT2D eigenvalue weighted by Gasteiger charge is -1.91. The molecular formula is C9H14O3. The standard InChI is InChI=1S/C9H14O3/c1-2-3-4-5-6-7-8(10)9(11)12/h3-4H,2,5-7H2,1H3,(H,11,12). The summed E-state index contributed by atoms with van der Waals surface area (Å²) < 4.78 is 0. The molecule has 0 bridgehead atoms. The number of hydrogen-bond donors (Lipinski definition) is 1. The number of carbonyl (C=O) groups excluding carboxylic acids is 1. The van der Waals surface area contributed by atoms with Crippen LogP contribution in [-0.4, -0.2) is 16.9 Å². The highest BCUT2D eigenvalue weighted by atomic mass is 16.4. The lowest BCUT2D eigenvalue weighted by atomic mass is 10.1. The van der Waals surface area contributed by atoms with Crippen LogP contribution in [0.5, 0.6) is 0 Å². The van der Waals surface area contributed by atoms with Crippen LogP contribution in [0.15, 0.2) is 12.2 Å². The van der Waals surface area contributed by atoms with E-state index in [1.807, 2.05) is 19.1 Å². The van der Waals surface area contributed by atoms with Gasteiger partial charge < -0.3 is 5.11 Å². The van der Waals surface area contributed by atoms with E-state index in [0.717, 1.165) is 12.8 Å². The monoisotopic (exact) mass is 170 g/mol. The molecule has 0 aromatic carbocycles. The Bertz CT molecular complexity index is 182. The van der Waals surface area contributed by atoms with Crippen molar-refractivity contribution in [1.29, 1.82) is 0 Å². The first-order valence-electron chi connectivity index (χ1n) is 4.09. The molecule has 0 unspecified atom stereocenters. The second-order valence-corrected chi connectivity index (χ2v) is 2.50. The number of ketones is 1. The number of unbranched alkanes of at least 4 members (excludes halogenated alkanes) is 1. The molecule has 0 atom stereocenters. The molecule has 0 aliphatic carbocycles. The van der Waals surface area contributed by atoms with Gasteiger partial charge in [0.2, 0.25) is 5.78 Å². The van der Waals surface area contributed by atoms with Crippen molar-refractivity contribution in [2.24, 2.45) is 0 Å². The van der Waals surface area contributed by atoms with Gasteiger partial charge in [0.25, 0.3) is 0 Å². The summed E-state index contributed by atoms with van der Waals surface area (Å²) in [5, 5.41) is 8.22. The van der Waals surface area contributed by atoms with Gasteiger partial charge in [-0.15, -0.1) is 0 Å². The molecule has 0 rings (SSSR count). The third kappa shape index (κ3) is 5.65. The summed E-state index contributed by atoms with van der Waals surface area (Å²) in [4.78, 5) is 20.6. The van der Waals surface area contributed by atoms with E-state index < -0.39 is 11.8 Å². The van der Waals surface area contributed by atoms with E-state index >= 15 is 0 Å². The Labute approximate surface area is 72.1 Å². The van der Waals surface area contributed by atoms with Gasteiger partial charge in [-0.25, -0.2) is 4.79 Å². The number of Topliss-reactive ketones (excluding diaryl/α,β-unsaturated/α-hetero) is 1. The van der Waals surface area contributed by atoms with E-state index in [0.29, 0.717) is 6.42 Å². The Morgan fingerprint density at radius 3 is 2.50 bits per heavy atom. The van der Waals surface area contributed by atoms with Crippen LogP contribution in [0, 0.1) is 0 Å². The Balaban J connectivity index is 3.38. The first-order chi connectivity index (χ1) is 5.68. The highest BCUT2D eigenvalue weighted by molar-refractivity contribution is 6.32. The predicted molar refractivity (Wildman–Crippen MR) is 45.9 cm³/mol. The average Bonchev–Trinajstić information content (AvgIpc) is 2.03. The minimum atomic E-state index is -1.32. The molecule has 0 aromatic rings. The largest absolute Gasteiger partial charge is 0.476 e. The predicted octanol–water partition coefficient (Wildman–Crippen LogP) is 1.78. The van der Waals surface area contributed by atoms with Gasteiger partial charge in [0.15, 0.2) is 0 Å². The molecule has 0 aliphatic rings. The summed E-state index contributed by atoms with van der Waals surface area (Å²) >= 11 is 0. The molecule has 0 spiro atoms. The summed E-state index contributed by atoms with van der Waals surface area (Å²) in [7, 11) is 0. The molecule has 3 nitrogen and oxygen atoms in total. The van der Waals surface area contributed by atoms with Crippen molar-refractivity contribution in [1.82, 2.24) is 0 Å². The highest BCUT2D eigenvalue weighted by Crippen LogP contribution is 1.98. The number of carboxylic acids is 1. The first kappa shape index (κ1) is 10.9. The van der Waals surface area contributed by atoms with Gasteiger partial charge in [-0.3, -0.25) is 4.79 Å². The number of hydrogen-bond acceptors (Lipinski definition) is 2. The SMILES string of the molecule is CCC=CCCCC(=O)C(=O)O. The van der Waals surface area contributed by atoms with Crippen LogP contribution in [0.2, 0.25) is 0 Å². The van der Waals surface area contributed by atoms with E-state index in [-0.39, 0.29) is 6.42 Å². The van der Waals surface area contributed by atoms with Crippen molar-refractivity contribution in [3.63, 3.8) is 0 Å². The topological polar surface area (TPSA) is 54.4 Å². The molecule has 0 saturated heterocycles. The van der Waals surface area contributed by atoms with Crippen molar-refractivity contribution in [3.05, 3.63) is 12.2 Å². The Morgan fingerprint density at radius 1 is 1.33 bits per heavy atom. The van der Waals surface area contributed by atoms with Crippen molar-refractivity contribution in [2.75, 3.05) is 0 Å². The summed E-state index contributed by atoms with van der Waals surface area (Å²) in [5.41, 5.74) is 0. The van der Waals surface area contributed by atoms with Crippen LogP contribution < -0.4 is 0 Å². The van der Waals surface area contributed by atoms with Crippen molar-refractivity contribution in [2.45, 2.75) is 32.6 Å². The maximum absolute atomic E-state index is 10.6. The third-order valence-electron chi connectivity index (χ3n) is 1.42. The molecule has 0 heterocycles. The summed E-state index contributed by atoms with van der Waals surface area (Å²) in [6, 6.07) is 0. The number of aliphatic carboxylic acids is 1. The third-order valence-corrected chi connectivity index (χ3v) is 1.42. The molecule has 1 N–H and O–H groups in total. The minimum absolute atomic E-state index is 0.142. The Kier molecular flexibility index (Phi) is 5.97. The van der Waals surface area contributed by atoms with Gasteiger partial charge in [0.05, 0.1) is 0 Å². The fraction of sp³-hybridized carbons (Fsp3) is 0.556. The molecule has 0 aliphatic heterocycles. The smallest absolute Gasteiger partial charge is 0.372 e. The van der Waals surface area contributed by atoms with Crippen LogP contribution in [0.1, 0.15) is 32.6 Å². The van der Waals surface area contributed by atoms with E-state index in [1.54, 1.807) is 0 Å². The molecule has 0 amide bonds. The van der Waals surface area contributed by atoms with Crippen LogP contribution in [0.3, 0.4) is 0 Å². The normalized spacial score (nSPS) is 10.4. The lowest BCUT2D eigenvalue weighted by Crippen LogP contribution is -2.11. The fourth-order valence-electron chi connectivity index (χ4n) is 0.772. The van der Waals surface area contributed by atoms with Gasteiger partial charge in [0.1, 0.15) is 0 Å². The molecule has 0 saturated carbocycles. The molecule has 0 radical (unpaired) electrons. The lowest BCUT2D eigenvalue weighted by molar-refractivity contribution is -0.149. The van der Waals surface area contributed by atoms with Gasteiger partial charge >= 0.3 is 5.97 Å². The molecule has 12 heavy (non-hydrogen) atoms. The van der Waals surface area contributed by atoms with Crippen LogP contribution >= 0.6 is 0 Å². The molecular weight excluding hydrogens is 156 g/mol. The zero-order valence-corrected chi connectivity index (χ0v) is 7.25. The second kappa shape index (κ2) is 6.58. The van der Waals surface area contributed by atoms with Gasteiger partial charge in [0, 0.05) is 6.42 Å². The van der Waals surface area contributed by atoms with E-state index in [1.165, 1.54) is 0 Å². The summed E-state index contributed by atoms with van der Waals surface area (Å²) in [6.45, 7) is 2.03. The van der Waals surface area contributed by atoms with Gasteiger partial charge in [-0.05, 0) is 19.3 Å². The van der Waals surface area contributed by atoms with E-state index in [9.17, 15) is 9.59 Å². The first-order valence-corrected chi connectivity index (χ1v) is 4.09. The van der Waals surface area contributed by atoms with Crippen molar-refractivity contribution in [3.8, 4) is 0 Å². The van der Waals surface area contributed by atoms with Crippen molar-refractivity contribution >= 4 is 11.8 Å². The zero-order chi connectivity index (χ0) is 9.40. The minimum Gasteiger partial charge on any atom is -0.476 e. The molecule has 0 fully saturated rings. The zero-order valence-electron chi connectivity index (χ0n) is 7.25. The van der Waals surface area contributed by atoms with Gasteiger partial charge in [-0.1, -0.05) is 19.1 Å². The molecule has 68 valence electrons. The molecule has 0 aromatic heterocycles. The van der Waals surface area contributed by atoms with Crippen LogP contribution in [-0.2, 0) is 9.59 Å². The number of carbonyl (C=O) groups is 2. The number of carboxylic acid groups (broad SMARTS) is 1. The fourth-order valence-corrected chi connectivity index (χ4v) is 0.772. The average molecular weight is 170 g/mol. The quantitative estimate of drug-likeness (QED) is 0.375. The number of allylic oxidation sites excluding steroid dienone is 2. The van der Waals surface area contributed by atoms with E-state index in [2.05, 4.69) is 0 Å². The molecule has 3 heteroatoms. The Hall–Kier alpha value is -1.12. The Morgan fingerprint density at radius 2 is 2.00 bits per heavy atom. The van der Waals surface area contributed by atoms with Crippen LogP contribution in [0.25, 0.3) is 0 Å².